The Morgan fingerprint density at radius 3 is 1.91 bits per heavy atom. The summed E-state index contributed by atoms with van der Waals surface area (Å²) in [5, 5.41) is 1.50. The normalized spacial score (nSPS) is 25.5. The lowest BCUT2D eigenvalue weighted by Gasteiger charge is -2.36. The Hall–Kier alpha value is -0.633. The number of esters is 2. The van der Waals surface area contributed by atoms with Crippen molar-refractivity contribution in [1.82, 2.24) is 0 Å². The number of carbonyl (C=O) groups excluding carboxylic acids is 2. The molecule has 2 bridgehead atoms. The fourth-order valence-corrected chi connectivity index (χ4v) is 9.31. The summed E-state index contributed by atoms with van der Waals surface area (Å²) in [6.07, 6.45) is 4.40. The second-order valence-electron chi connectivity index (χ2n) is 7.15. The maximum Gasteiger partial charge on any atom is 0.302 e. The summed E-state index contributed by atoms with van der Waals surface area (Å²) in [4.78, 5) is 22.6. The molecule has 2 rings (SSSR count). The van der Waals surface area contributed by atoms with E-state index in [-0.39, 0.29) is 29.2 Å². The van der Waals surface area contributed by atoms with Crippen LogP contribution in [0, 0.1) is 17.3 Å². The van der Waals surface area contributed by atoms with Crippen molar-refractivity contribution in [3.63, 3.8) is 0 Å². The van der Waals surface area contributed by atoms with Gasteiger partial charge in [0.15, 0.2) is 0 Å². The predicted octanol–water partition coefficient (Wildman–Crippen LogP) is 3.48. The molecule has 0 unspecified atom stereocenters. The van der Waals surface area contributed by atoms with Gasteiger partial charge in [0.05, 0.1) is 13.5 Å². The van der Waals surface area contributed by atoms with Gasteiger partial charge in [-0.05, 0) is 26.2 Å². The van der Waals surface area contributed by atoms with Gasteiger partial charge in [-0.3, -0.25) is 9.59 Å². The van der Waals surface area contributed by atoms with Crippen LogP contribution in [0.1, 0.15) is 13.8 Å². The van der Waals surface area contributed by atoms with Crippen LogP contribution in [0.3, 0.4) is 0 Å². The van der Waals surface area contributed by atoms with Crippen LogP contribution >= 0.6 is 22.6 Å². The SMILES string of the molecule is CC(=O)OCC1(COC(C)=O)[C@@H]2C=C[C@H]1C([Si](C)(C)C)=C2I. The molecule has 6 heteroatoms. The highest BCUT2D eigenvalue weighted by molar-refractivity contribution is 14.1. The number of carbonyl (C=O) groups is 2. The molecule has 22 heavy (non-hydrogen) atoms. The summed E-state index contributed by atoms with van der Waals surface area (Å²) in [5.74, 6) is -0.204. The van der Waals surface area contributed by atoms with Gasteiger partial charge in [-0.25, -0.2) is 0 Å². The minimum atomic E-state index is -1.50. The molecule has 0 spiro atoms. The van der Waals surface area contributed by atoms with Crippen molar-refractivity contribution in [2.24, 2.45) is 17.3 Å². The second-order valence-corrected chi connectivity index (χ2v) is 13.3. The average Bonchev–Trinajstić information content (AvgIpc) is 2.83. The standard InChI is InChI=1S/C16H23IO4Si/c1-10(18)20-8-16(9-21-11(2)19)12-6-7-13(16)15(14(12)17)22(3,4)5/h6-7,12-13H,8-9H2,1-5H3/t12-,13+/m1/s1. The fraction of sp³-hybridized carbons (Fsp3) is 0.625. The van der Waals surface area contributed by atoms with Crippen molar-refractivity contribution < 1.29 is 19.1 Å². The molecular weight excluding hydrogens is 411 g/mol. The van der Waals surface area contributed by atoms with Gasteiger partial charge in [0, 0.05) is 25.7 Å². The summed E-state index contributed by atoms with van der Waals surface area (Å²) in [5.41, 5.74) is -0.358. The van der Waals surface area contributed by atoms with Crippen LogP contribution in [0.15, 0.2) is 20.9 Å². The first-order valence-electron chi connectivity index (χ1n) is 7.44. The molecule has 0 N–H and O–H groups in total. The van der Waals surface area contributed by atoms with Gasteiger partial charge in [-0.2, -0.15) is 0 Å². The van der Waals surface area contributed by atoms with Gasteiger partial charge in [0.1, 0.15) is 13.2 Å². The van der Waals surface area contributed by atoms with E-state index in [1.165, 1.54) is 22.6 Å². The first-order valence-corrected chi connectivity index (χ1v) is 12.0. The first kappa shape index (κ1) is 17.7. The van der Waals surface area contributed by atoms with E-state index in [4.69, 9.17) is 9.47 Å². The molecule has 122 valence electrons. The van der Waals surface area contributed by atoms with Crippen LogP contribution in [0.25, 0.3) is 0 Å². The monoisotopic (exact) mass is 434 g/mol. The third kappa shape index (κ3) is 3.04. The number of allylic oxidation sites excluding steroid dienone is 4. The smallest absolute Gasteiger partial charge is 0.302 e. The molecular formula is C16H23IO4Si. The van der Waals surface area contributed by atoms with E-state index in [0.717, 1.165) is 0 Å². The number of ether oxygens (including phenoxy) is 2. The number of hydrogen-bond acceptors (Lipinski definition) is 4. The average molecular weight is 434 g/mol. The molecule has 0 aromatic rings. The zero-order chi connectivity index (χ0) is 16.7. The minimum Gasteiger partial charge on any atom is -0.465 e. The van der Waals surface area contributed by atoms with E-state index < -0.39 is 8.07 Å². The van der Waals surface area contributed by atoms with E-state index in [2.05, 4.69) is 54.4 Å². The zero-order valence-electron chi connectivity index (χ0n) is 13.7. The molecule has 2 aliphatic rings. The molecule has 0 amide bonds. The maximum absolute atomic E-state index is 11.3. The summed E-state index contributed by atoms with van der Waals surface area (Å²) in [6.45, 7) is 10.4. The van der Waals surface area contributed by atoms with E-state index in [1.54, 1.807) is 0 Å². The van der Waals surface area contributed by atoms with Gasteiger partial charge >= 0.3 is 11.9 Å². The predicted molar refractivity (Wildman–Crippen MR) is 96.2 cm³/mol. The Kier molecular flexibility index (Phi) is 4.92. The van der Waals surface area contributed by atoms with E-state index >= 15 is 0 Å². The van der Waals surface area contributed by atoms with E-state index in [0.29, 0.717) is 13.2 Å². The first-order chi connectivity index (χ1) is 10.1. The number of rotatable bonds is 5. The Morgan fingerprint density at radius 1 is 1.09 bits per heavy atom. The Bertz CT molecular complexity index is 541. The van der Waals surface area contributed by atoms with Crippen LogP contribution in [-0.2, 0) is 19.1 Å². The van der Waals surface area contributed by atoms with Gasteiger partial charge in [-0.15, -0.1) is 0 Å². The van der Waals surface area contributed by atoms with E-state index in [9.17, 15) is 9.59 Å². The van der Waals surface area contributed by atoms with Crippen LogP contribution in [0.5, 0.6) is 0 Å². The van der Waals surface area contributed by atoms with Gasteiger partial charge in [0.2, 0.25) is 0 Å². The molecule has 0 radical (unpaired) electrons. The van der Waals surface area contributed by atoms with Crippen molar-refractivity contribution in [3.8, 4) is 0 Å². The van der Waals surface area contributed by atoms with Crippen molar-refractivity contribution in [2.45, 2.75) is 33.5 Å². The molecule has 2 atom stereocenters. The van der Waals surface area contributed by atoms with Crippen LogP contribution in [0.2, 0.25) is 19.6 Å². The fourth-order valence-electron chi connectivity index (χ4n) is 3.53. The number of fused-ring (bicyclic) bond motifs is 2. The molecule has 2 aliphatic carbocycles. The van der Waals surface area contributed by atoms with Crippen molar-refractivity contribution in [2.75, 3.05) is 13.2 Å². The molecule has 0 heterocycles. The summed E-state index contributed by atoms with van der Waals surface area (Å²) in [7, 11) is -1.50. The van der Waals surface area contributed by atoms with Gasteiger partial charge < -0.3 is 9.47 Å². The molecule has 0 saturated carbocycles. The lowest BCUT2D eigenvalue weighted by molar-refractivity contribution is -0.153. The highest BCUT2D eigenvalue weighted by atomic mass is 127. The van der Waals surface area contributed by atoms with Gasteiger partial charge in [-0.1, -0.05) is 37.0 Å². The number of hydrogen-bond donors (Lipinski definition) is 0. The molecule has 0 aliphatic heterocycles. The zero-order valence-corrected chi connectivity index (χ0v) is 16.9. The minimum absolute atomic E-state index is 0.179. The van der Waals surface area contributed by atoms with Crippen LogP contribution in [-0.4, -0.2) is 33.2 Å². The number of halogens is 1. The third-order valence-corrected chi connectivity index (χ3v) is 8.43. The quantitative estimate of drug-likeness (QED) is 0.288. The summed E-state index contributed by atoms with van der Waals surface area (Å²) in [6, 6.07) is 0. The highest BCUT2D eigenvalue weighted by Crippen LogP contribution is 2.60. The molecule has 0 aromatic heterocycles. The summed E-state index contributed by atoms with van der Waals surface area (Å²) >= 11 is 2.43. The summed E-state index contributed by atoms with van der Waals surface area (Å²) < 4.78 is 12.1. The molecule has 0 aromatic carbocycles. The molecule has 0 fully saturated rings. The molecule has 0 saturated heterocycles. The highest BCUT2D eigenvalue weighted by Gasteiger charge is 2.58. The van der Waals surface area contributed by atoms with Crippen LogP contribution in [0.4, 0.5) is 0 Å². The van der Waals surface area contributed by atoms with Crippen molar-refractivity contribution in [1.29, 1.82) is 0 Å². The van der Waals surface area contributed by atoms with Crippen molar-refractivity contribution >= 4 is 42.6 Å². The van der Waals surface area contributed by atoms with E-state index in [1.807, 2.05) is 0 Å². The second kappa shape index (κ2) is 6.11. The Labute approximate surface area is 146 Å². The Balaban J connectivity index is 2.36. The lowest BCUT2D eigenvalue weighted by atomic mass is 9.77. The lowest BCUT2D eigenvalue weighted by Crippen LogP contribution is -2.42. The van der Waals surface area contributed by atoms with Crippen molar-refractivity contribution in [3.05, 3.63) is 20.9 Å². The maximum atomic E-state index is 11.3. The Morgan fingerprint density at radius 2 is 1.55 bits per heavy atom. The topological polar surface area (TPSA) is 52.6 Å². The van der Waals surface area contributed by atoms with Gasteiger partial charge in [0.25, 0.3) is 0 Å². The largest absolute Gasteiger partial charge is 0.465 e. The molecule has 4 nitrogen and oxygen atoms in total. The van der Waals surface area contributed by atoms with Crippen LogP contribution < -0.4 is 0 Å². The third-order valence-electron chi connectivity index (χ3n) is 4.47.